The van der Waals surface area contributed by atoms with Crippen LogP contribution in [0.3, 0.4) is 0 Å². The van der Waals surface area contributed by atoms with Gasteiger partial charge < -0.3 is 9.64 Å². The third kappa shape index (κ3) is 4.00. The first-order chi connectivity index (χ1) is 10.3. The van der Waals surface area contributed by atoms with Crippen molar-refractivity contribution in [2.75, 3.05) is 13.1 Å². The summed E-state index contributed by atoms with van der Waals surface area (Å²) in [5.41, 5.74) is 0.537. The first kappa shape index (κ1) is 16.3. The van der Waals surface area contributed by atoms with Gasteiger partial charge in [0.25, 0.3) is 0 Å². The number of amides is 2. The molecule has 1 unspecified atom stereocenters. The lowest BCUT2D eigenvalue weighted by molar-refractivity contribution is -0.141. The van der Waals surface area contributed by atoms with Crippen LogP contribution in [0.4, 0.5) is 4.79 Å². The molecule has 0 aliphatic carbocycles. The number of benzene rings is 1. The van der Waals surface area contributed by atoms with Crippen molar-refractivity contribution >= 4 is 12.0 Å². The van der Waals surface area contributed by atoms with Gasteiger partial charge in [0.2, 0.25) is 5.91 Å². The van der Waals surface area contributed by atoms with E-state index in [1.54, 1.807) is 11.8 Å². The fraction of sp³-hybridized carbons (Fsp3) is 0.529. The maximum Gasteiger partial charge on any atom is 0.411 e. The summed E-state index contributed by atoms with van der Waals surface area (Å²) in [6, 6.07) is 9.37. The second kappa shape index (κ2) is 6.38. The highest BCUT2D eigenvalue weighted by atomic mass is 16.6. The van der Waals surface area contributed by atoms with Crippen molar-refractivity contribution in [1.82, 2.24) is 9.80 Å². The quantitative estimate of drug-likeness (QED) is 0.844. The van der Waals surface area contributed by atoms with Crippen molar-refractivity contribution in [1.29, 1.82) is 0 Å². The molecule has 1 heterocycles. The van der Waals surface area contributed by atoms with E-state index in [0.717, 1.165) is 5.56 Å². The van der Waals surface area contributed by atoms with Gasteiger partial charge in [0.05, 0.1) is 0 Å². The number of hydrogen-bond acceptors (Lipinski definition) is 3. The molecule has 0 bridgehead atoms. The molecule has 1 saturated heterocycles. The van der Waals surface area contributed by atoms with Crippen LogP contribution in [0.2, 0.25) is 0 Å². The molecule has 2 rings (SSSR count). The third-order valence-electron chi connectivity index (χ3n) is 3.59. The van der Waals surface area contributed by atoms with Gasteiger partial charge in [0, 0.05) is 19.6 Å². The molecule has 22 heavy (non-hydrogen) atoms. The fourth-order valence-electron chi connectivity index (χ4n) is 2.46. The SMILES string of the molecule is CC1C(=O)N(Cc2ccccc2)CCN1C(=O)OC(C)(C)C. The molecule has 0 saturated carbocycles. The number of carbonyl (C=O) groups excluding carboxylic acids is 2. The van der Waals surface area contributed by atoms with Gasteiger partial charge in [-0.15, -0.1) is 0 Å². The third-order valence-corrected chi connectivity index (χ3v) is 3.59. The van der Waals surface area contributed by atoms with Crippen LogP contribution >= 0.6 is 0 Å². The van der Waals surface area contributed by atoms with Crippen molar-refractivity contribution in [3.63, 3.8) is 0 Å². The van der Waals surface area contributed by atoms with Crippen molar-refractivity contribution in [2.45, 2.75) is 45.9 Å². The predicted octanol–water partition coefficient (Wildman–Crippen LogP) is 2.65. The summed E-state index contributed by atoms with van der Waals surface area (Å²) in [7, 11) is 0. The van der Waals surface area contributed by atoms with Gasteiger partial charge >= 0.3 is 6.09 Å². The Bertz CT molecular complexity index is 537. The van der Waals surface area contributed by atoms with Crippen molar-refractivity contribution in [3.05, 3.63) is 35.9 Å². The van der Waals surface area contributed by atoms with Crippen molar-refractivity contribution in [3.8, 4) is 0 Å². The molecule has 2 amide bonds. The zero-order valence-electron chi connectivity index (χ0n) is 13.7. The summed E-state index contributed by atoms with van der Waals surface area (Å²) < 4.78 is 5.37. The molecular formula is C17H24N2O3. The molecule has 5 heteroatoms. The number of nitrogens with zero attached hydrogens (tertiary/aromatic N) is 2. The normalized spacial score (nSPS) is 19.3. The molecule has 0 spiro atoms. The minimum absolute atomic E-state index is 0.0408. The molecule has 0 N–H and O–H groups in total. The molecule has 0 aromatic heterocycles. The molecule has 1 aliphatic rings. The second-order valence-corrected chi connectivity index (χ2v) is 6.60. The van der Waals surface area contributed by atoms with Gasteiger partial charge in [0.15, 0.2) is 0 Å². The molecule has 1 atom stereocenters. The number of piperazine rings is 1. The largest absolute Gasteiger partial charge is 0.444 e. The average Bonchev–Trinajstić information content (AvgIpc) is 2.43. The van der Waals surface area contributed by atoms with Gasteiger partial charge in [-0.05, 0) is 33.3 Å². The minimum Gasteiger partial charge on any atom is -0.444 e. The summed E-state index contributed by atoms with van der Waals surface area (Å²) in [5.74, 6) is -0.0408. The lowest BCUT2D eigenvalue weighted by Gasteiger charge is -2.39. The Morgan fingerprint density at radius 1 is 1.23 bits per heavy atom. The molecular weight excluding hydrogens is 280 g/mol. The Hall–Kier alpha value is -2.04. The van der Waals surface area contributed by atoms with E-state index in [-0.39, 0.29) is 5.91 Å². The van der Waals surface area contributed by atoms with Gasteiger partial charge in [-0.25, -0.2) is 4.79 Å². The van der Waals surface area contributed by atoms with Crippen molar-refractivity contribution in [2.24, 2.45) is 0 Å². The number of rotatable bonds is 2. The van der Waals surface area contributed by atoms with E-state index >= 15 is 0 Å². The first-order valence-electron chi connectivity index (χ1n) is 7.60. The van der Waals surface area contributed by atoms with Crippen LogP contribution < -0.4 is 0 Å². The highest BCUT2D eigenvalue weighted by Gasteiger charge is 2.36. The van der Waals surface area contributed by atoms with Gasteiger partial charge in [-0.1, -0.05) is 30.3 Å². The van der Waals surface area contributed by atoms with E-state index < -0.39 is 17.7 Å². The summed E-state index contributed by atoms with van der Waals surface area (Å²) in [5, 5.41) is 0. The fourth-order valence-corrected chi connectivity index (χ4v) is 2.46. The Morgan fingerprint density at radius 2 is 1.86 bits per heavy atom. The Balaban J connectivity index is 2.00. The van der Waals surface area contributed by atoms with E-state index in [0.29, 0.717) is 19.6 Å². The Labute approximate surface area is 131 Å². The summed E-state index contributed by atoms with van der Waals surface area (Å²) in [6.07, 6.45) is -0.423. The van der Waals surface area contributed by atoms with Crippen LogP contribution in [0.15, 0.2) is 30.3 Å². The lowest BCUT2D eigenvalue weighted by atomic mass is 10.1. The van der Waals surface area contributed by atoms with Crippen LogP contribution in [0, 0.1) is 0 Å². The molecule has 0 radical (unpaired) electrons. The second-order valence-electron chi connectivity index (χ2n) is 6.60. The van der Waals surface area contributed by atoms with E-state index in [9.17, 15) is 9.59 Å². The number of carbonyl (C=O) groups is 2. The molecule has 120 valence electrons. The molecule has 1 aliphatic heterocycles. The topological polar surface area (TPSA) is 49.9 Å². The van der Waals surface area contributed by atoms with Crippen LogP contribution in [0.25, 0.3) is 0 Å². The van der Waals surface area contributed by atoms with Gasteiger partial charge in [0.1, 0.15) is 11.6 Å². The number of hydrogen-bond donors (Lipinski definition) is 0. The molecule has 1 aromatic rings. The number of ether oxygens (including phenoxy) is 1. The molecule has 1 aromatic carbocycles. The summed E-state index contributed by atoms with van der Waals surface area (Å²) in [6.45, 7) is 8.82. The standard InChI is InChI=1S/C17H24N2O3/c1-13-15(20)18(12-14-8-6-5-7-9-14)10-11-19(13)16(21)22-17(2,3)4/h5-9,13H,10-12H2,1-4H3. The van der Waals surface area contributed by atoms with E-state index in [4.69, 9.17) is 4.74 Å². The maximum absolute atomic E-state index is 12.5. The van der Waals surface area contributed by atoms with Crippen LogP contribution in [0.1, 0.15) is 33.3 Å². The smallest absolute Gasteiger partial charge is 0.411 e. The molecule has 5 nitrogen and oxygen atoms in total. The van der Waals surface area contributed by atoms with E-state index in [1.807, 2.05) is 51.1 Å². The zero-order valence-corrected chi connectivity index (χ0v) is 13.7. The highest BCUT2D eigenvalue weighted by molar-refractivity contribution is 5.86. The van der Waals surface area contributed by atoms with Crippen molar-refractivity contribution < 1.29 is 14.3 Å². The Kier molecular flexibility index (Phi) is 4.74. The average molecular weight is 304 g/mol. The lowest BCUT2D eigenvalue weighted by Crippen LogP contribution is -2.57. The van der Waals surface area contributed by atoms with Crippen LogP contribution in [0.5, 0.6) is 0 Å². The van der Waals surface area contributed by atoms with E-state index in [1.165, 1.54) is 4.90 Å². The van der Waals surface area contributed by atoms with Gasteiger partial charge in [-0.2, -0.15) is 0 Å². The van der Waals surface area contributed by atoms with E-state index in [2.05, 4.69) is 0 Å². The summed E-state index contributed by atoms with van der Waals surface area (Å²) in [4.78, 5) is 28.0. The zero-order chi connectivity index (χ0) is 16.3. The molecule has 1 fully saturated rings. The van der Waals surface area contributed by atoms with Gasteiger partial charge in [-0.3, -0.25) is 9.69 Å². The monoisotopic (exact) mass is 304 g/mol. The highest BCUT2D eigenvalue weighted by Crippen LogP contribution is 2.18. The van der Waals surface area contributed by atoms with Crippen LogP contribution in [-0.4, -0.2) is 46.5 Å². The van der Waals surface area contributed by atoms with Crippen LogP contribution in [-0.2, 0) is 16.1 Å². The summed E-state index contributed by atoms with van der Waals surface area (Å²) >= 11 is 0. The first-order valence-corrected chi connectivity index (χ1v) is 7.60. The minimum atomic E-state index is -0.555. The predicted molar refractivity (Wildman–Crippen MR) is 84.3 cm³/mol. The Morgan fingerprint density at radius 3 is 2.45 bits per heavy atom. The maximum atomic E-state index is 12.5.